The number of rotatable bonds is 6. The average molecular weight is 260 g/mol. The first-order valence-corrected chi connectivity index (χ1v) is 10.7. The lowest BCUT2D eigenvalue weighted by molar-refractivity contribution is 0.599. The van der Waals surface area contributed by atoms with E-state index >= 15 is 0 Å². The third kappa shape index (κ3) is 6.34. The van der Waals surface area contributed by atoms with Gasteiger partial charge in [-0.05, 0) is 24.6 Å². The Labute approximate surface area is 102 Å². The highest BCUT2D eigenvalue weighted by Crippen LogP contribution is 2.18. The van der Waals surface area contributed by atoms with Gasteiger partial charge in [-0.25, -0.2) is 8.42 Å². The van der Waals surface area contributed by atoms with E-state index in [0.29, 0.717) is 6.42 Å². The van der Waals surface area contributed by atoms with E-state index in [4.69, 9.17) is 0 Å². The van der Waals surface area contributed by atoms with Crippen molar-refractivity contribution in [3.63, 3.8) is 0 Å². The molecule has 0 unspecified atom stereocenters. The van der Waals surface area contributed by atoms with Crippen LogP contribution in [0.25, 0.3) is 0 Å². The summed E-state index contributed by atoms with van der Waals surface area (Å²) in [4.78, 5) is 0. The quantitative estimate of drug-likeness (QED) is 0.418. The molecule has 0 radical (unpaired) electrons. The molecule has 16 heavy (non-hydrogen) atoms. The van der Waals surface area contributed by atoms with Crippen LogP contribution in [0.5, 0.6) is 0 Å². The van der Waals surface area contributed by atoms with Crippen molar-refractivity contribution in [2.75, 3.05) is 12.0 Å². The normalized spacial score (nSPS) is 12.0. The van der Waals surface area contributed by atoms with Gasteiger partial charge in [0.1, 0.15) is 17.9 Å². The Hall–Kier alpha value is -0.273. The van der Waals surface area contributed by atoms with E-state index in [2.05, 4.69) is 32.2 Å². The van der Waals surface area contributed by atoms with Crippen LogP contribution in [0, 0.1) is 11.5 Å². The van der Waals surface area contributed by atoms with Crippen molar-refractivity contribution >= 4 is 17.9 Å². The van der Waals surface area contributed by atoms with Crippen LogP contribution < -0.4 is 0 Å². The van der Waals surface area contributed by atoms with Crippen molar-refractivity contribution in [3.8, 4) is 11.5 Å². The van der Waals surface area contributed by atoms with E-state index in [-0.39, 0.29) is 5.75 Å². The molecule has 2 nitrogen and oxygen atoms in total. The minimum Gasteiger partial charge on any atom is -0.229 e. The van der Waals surface area contributed by atoms with E-state index in [1.54, 1.807) is 0 Å². The minimum absolute atomic E-state index is 0.264. The van der Waals surface area contributed by atoms with Gasteiger partial charge in [0.2, 0.25) is 0 Å². The molecular formula is C12H24O2SSi. The maximum atomic E-state index is 10.9. The fraction of sp³-hybridized carbons (Fsp3) is 0.833. The van der Waals surface area contributed by atoms with Crippen LogP contribution >= 0.6 is 0 Å². The molecule has 0 bridgehead atoms. The van der Waals surface area contributed by atoms with Gasteiger partial charge in [0, 0.05) is 12.7 Å². The van der Waals surface area contributed by atoms with Crippen molar-refractivity contribution in [2.45, 2.75) is 51.7 Å². The summed E-state index contributed by atoms with van der Waals surface area (Å²) in [5.41, 5.74) is 3.46. The summed E-state index contributed by atoms with van der Waals surface area (Å²) >= 11 is 0. The molecular weight excluding hydrogens is 236 g/mol. The van der Waals surface area contributed by atoms with Gasteiger partial charge in [-0.2, -0.15) is 0 Å². The van der Waals surface area contributed by atoms with Gasteiger partial charge in [-0.1, -0.05) is 20.8 Å². The van der Waals surface area contributed by atoms with Crippen LogP contribution in [0.2, 0.25) is 18.1 Å². The summed E-state index contributed by atoms with van der Waals surface area (Å²) in [6, 6.07) is 3.62. The molecule has 0 spiro atoms. The van der Waals surface area contributed by atoms with Gasteiger partial charge >= 0.3 is 0 Å². The Morgan fingerprint density at radius 2 is 1.56 bits per heavy atom. The van der Waals surface area contributed by atoms with E-state index in [9.17, 15) is 8.42 Å². The molecule has 4 heteroatoms. The van der Waals surface area contributed by atoms with Crippen LogP contribution in [0.3, 0.4) is 0 Å². The Morgan fingerprint density at radius 3 is 1.94 bits per heavy atom. The zero-order valence-electron chi connectivity index (χ0n) is 11.0. The van der Waals surface area contributed by atoms with Gasteiger partial charge in [0.25, 0.3) is 0 Å². The van der Waals surface area contributed by atoms with Gasteiger partial charge in [0.15, 0.2) is 0 Å². The molecule has 0 aliphatic carbocycles. The van der Waals surface area contributed by atoms with Crippen molar-refractivity contribution in [2.24, 2.45) is 0 Å². The lowest BCUT2D eigenvalue weighted by atomic mass is 10.4. The molecule has 0 fully saturated rings. The second-order valence-corrected chi connectivity index (χ2v) is 11.6. The molecule has 0 saturated carbocycles. The van der Waals surface area contributed by atoms with Gasteiger partial charge in [-0.15, -0.1) is 11.5 Å². The summed E-state index contributed by atoms with van der Waals surface area (Å²) in [5.74, 6) is 3.46. The van der Waals surface area contributed by atoms with Gasteiger partial charge < -0.3 is 0 Å². The lowest BCUT2D eigenvalue weighted by Crippen LogP contribution is -2.29. The summed E-state index contributed by atoms with van der Waals surface area (Å²) in [6.07, 6.45) is 2.68. The second kappa shape index (κ2) is 7.13. The van der Waals surface area contributed by atoms with Crippen molar-refractivity contribution in [3.05, 3.63) is 0 Å². The summed E-state index contributed by atoms with van der Waals surface area (Å²) in [7, 11) is -4.14. The van der Waals surface area contributed by atoms with Crippen molar-refractivity contribution in [1.29, 1.82) is 0 Å². The Kier molecular flexibility index (Phi) is 7.01. The highest BCUT2D eigenvalue weighted by atomic mass is 32.2. The fourth-order valence-corrected chi connectivity index (χ4v) is 4.89. The topological polar surface area (TPSA) is 34.1 Å². The molecule has 0 saturated heterocycles. The largest absolute Gasteiger partial charge is 0.229 e. The minimum atomic E-state index is -2.81. The van der Waals surface area contributed by atoms with Crippen LogP contribution in [0.1, 0.15) is 33.6 Å². The lowest BCUT2D eigenvalue weighted by Gasteiger charge is -2.20. The van der Waals surface area contributed by atoms with Gasteiger partial charge in [0.05, 0.1) is 5.75 Å². The number of unbranched alkanes of at least 4 members (excludes halogenated alkanes) is 1. The Bertz CT molecular complexity index is 337. The monoisotopic (exact) mass is 260 g/mol. The third-order valence-electron chi connectivity index (χ3n) is 3.20. The van der Waals surface area contributed by atoms with Crippen molar-refractivity contribution in [1.82, 2.24) is 0 Å². The average Bonchev–Trinajstić information content (AvgIpc) is 2.23. The van der Waals surface area contributed by atoms with E-state index in [1.807, 2.05) is 0 Å². The van der Waals surface area contributed by atoms with E-state index in [1.165, 1.54) is 24.4 Å². The van der Waals surface area contributed by atoms with E-state index in [0.717, 1.165) is 6.42 Å². The molecule has 0 aromatic rings. The van der Waals surface area contributed by atoms with Gasteiger partial charge in [-0.3, -0.25) is 0 Å². The summed E-state index contributed by atoms with van der Waals surface area (Å²) in [6.45, 7) is 6.68. The molecule has 0 heterocycles. The Morgan fingerprint density at radius 1 is 1.06 bits per heavy atom. The van der Waals surface area contributed by atoms with Crippen LogP contribution in [0.15, 0.2) is 0 Å². The fourth-order valence-electron chi connectivity index (χ4n) is 1.69. The number of hydrogen-bond acceptors (Lipinski definition) is 2. The summed E-state index contributed by atoms with van der Waals surface area (Å²) in [5, 5.41) is 0. The molecule has 0 aliphatic heterocycles. The maximum Gasteiger partial charge on any atom is 0.147 e. The zero-order valence-corrected chi connectivity index (χ0v) is 12.8. The molecule has 0 atom stereocenters. The highest BCUT2D eigenvalue weighted by molar-refractivity contribution is 7.90. The molecule has 0 aromatic heterocycles. The van der Waals surface area contributed by atoms with Crippen LogP contribution in [-0.4, -0.2) is 28.5 Å². The predicted molar refractivity (Wildman–Crippen MR) is 73.9 cm³/mol. The summed E-state index contributed by atoms with van der Waals surface area (Å²) < 4.78 is 21.8. The maximum absolute atomic E-state index is 10.9. The molecule has 0 aliphatic rings. The molecule has 0 rings (SSSR count). The van der Waals surface area contributed by atoms with Crippen molar-refractivity contribution < 1.29 is 8.42 Å². The zero-order chi connectivity index (χ0) is 12.7. The standard InChI is InChI=1S/C12H24O2SSi/c1-5-16(6-2,7-3)12-10-8-9-11-15(4,13)14/h5-9,11H2,1-4H3. The number of hydrogen-bond donors (Lipinski definition) is 0. The molecule has 0 amide bonds. The smallest absolute Gasteiger partial charge is 0.147 e. The predicted octanol–water partition coefficient (Wildman–Crippen LogP) is 2.86. The Balaban J connectivity index is 4.18. The molecule has 0 N–H and O–H groups in total. The number of sulfone groups is 1. The highest BCUT2D eigenvalue weighted by Gasteiger charge is 2.23. The van der Waals surface area contributed by atoms with Crippen LogP contribution in [0.4, 0.5) is 0 Å². The first kappa shape index (κ1) is 15.7. The second-order valence-electron chi connectivity index (χ2n) is 4.38. The van der Waals surface area contributed by atoms with Crippen LogP contribution in [-0.2, 0) is 9.84 Å². The van der Waals surface area contributed by atoms with E-state index < -0.39 is 17.9 Å². The first-order valence-electron chi connectivity index (χ1n) is 6.07. The SMILES string of the molecule is CC[Si](C#CCCCS(C)(=O)=O)(CC)CC. The third-order valence-corrected chi connectivity index (χ3v) is 9.00. The first-order chi connectivity index (χ1) is 7.39. The molecule has 0 aromatic carbocycles. The molecule has 94 valence electrons.